The minimum absolute atomic E-state index is 0.0676. The number of nitrogens with one attached hydrogen (secondary N) is 1. The molecule has 1 aromatic rings. The van der Waals surface area contributed by atoms with Crippen molar-refractivity contribution in [2.75, 3.05) is 18.2 Å². The van der Waals surface area contributed by atoms with Gasteiger partial charge in [0.05, 0.1) is 5.75 Å². The van der Waals surface area contributed by atoms with Gasteiger partial charge in [-0.2, -0.15) is 0 Å². The molecule has 1 atom stereocenters. The highest BCUT2D eigenvalue weighted by atomic mass is 32.2. The summed E-state index contributed by atoms with van der Waals surface area (Å²) in [6.45, 7) is 1.88. The topological polar surface area (TPSA) is 75.6 Å². The van der Waals surface area contributed by atoms with Gasteiger partial charge in [-0.05, 0) is 24.1 Å². The number of hydrogen-bond acceptors (Lipinski definition) is 4. The third kappa shape index (κ3) is 5.63. The number of amides is 1. The zero-order chi connectivity index (χ0) is 15.0. The molecule has 0 aliphatic heterocycles. The van der Waals surface area contributed by atoms with Crippen LogP contribution in [0.1, 0.15) is 18.9 Å². The maximum Gasteiger partial charge on any atom is 0.313 e. The number of anilines is 1. The second-order valence-corrected chi connectivity index (χ2v) is 5.19. The van der Waals surface area contributed by atoms with E-state index >= 15 is 0 Å². The van der Waals surface area contributed by atoms with Crippen molar-refractivity contribution in [2.45, 2.75) is 25.2 Å². The Kier molecular flexibility index (Phi) is 7.11. The number of carbonyl (C=O) groups is 2. The molecule has 1 aromatic carbocycles. The fourth-order valence-corrected chi connectivity index (χ4v) is 2.37. The Bertz CT molecular complexity index is 460. The van der Waals surface area contributed by atoms with Crippen molar-refractivity contribution < 1.29 is 19.4 Å². The first-order valence-electron chi connectivity index (χ1n) is 6.29. The Labute approximate surface area is 122 Å². The van der Waals surface area contributed by atoms with E-state index in [0.717, 1.165) is 5.56 Å². The van der Waals surface area contributed by atoms with Gasteiger partial charge in [0.2, 0.25) is 0 Å². The van der Waals surface area contributed by atoms with E-state index in [9.17, 15) is 9.59 Å². The molecule has 0 radical (unpaired) electrons. The average molecular weight is 297 g/mol. The summed E-state index contributed by atoms with van der Waals surface area (Å²) in [6, 6.07) is 7.37. The molecule has 0 spiro atoms. The molecule has 0 aliphatic rings. The minimum atomic E-state index is -0.828. The smallest absolute Gasteiger partial charge is 0.313 e. The van der Waals surface area contributed by atoms with Crippen molar-refractivity contribution in [3.8, 4) is 0 Å². The number of aliphatic carboxylic acids is 1. The van der Waals surface area contributed by atoms with Gasteiger partial charge in [-0.3, -0.25) is 9.59 Å². The van der Waals surface area contributed by atoms with Gasteiger partial charge in [0.1, 0.15) is 6.10 Å². The van der Waals surface area contributed by atoms with Gasteiger partial charge in [-0.25, -0.2) is 0 Å². The summed E-state index contributed by atoms with van der Waals surface area (Å²) in [7, 11) is 1.51. The molecule has 0 heterocycles. The Morgan fingerprint density at radius 3 is 2.80 bits per heavy atom. The normalized spacial score (nSPS) is 11.9. The number of ether oxygens (including phenoxy) is 1. The van der Waals surface area contributed by atoms with E-state index in [4.69, 9.17) is 9.84 Å². The van der Waals surface area contributed by atoms with Crippen LogP contribution in [0.15, 0.2) is 24.3 Å². The molecule has 110 valence electrons. The number of benzene rings is 1. The summed E-state index contributed by atoms with van der Waals surface area (Å²) in [4.78, 5) is 22.3. The van der Waals surface area contributed by atoms with Crippen molar-refractivity contribution in [1.82, 2.24) is 0 Å². The number of thioether (sulfide) groups is 1. The molecule has 1 amide bonds. The number of carboxylic acid groups (broad SMARTS) is 1. The molecule has 0 aliphatic carbocycles. The summed E-state index contributed by atoms with van der Waals surface area (Å²) < 4.78 is 5.07. The fraction of sp³-hybridized carbons (Fsp3) is 0.429. The highest BCUT2D eigenvalue weighted by molar-refractivity contribution is 7.99. The van der Waals surface area contributed by atoms with E-state index in [1.807, 2.05) is 25.1 Å². The number of hydrogen-bond donors (Lipinski definition) is 2. The van der Waals surface area contributed by atoms with Crippen molar-refractivity contribution in [1.29, 1.82) is 0 Å². The van der Waals surface area contributed by atoms with Crippen molar-refractivity contribution >= 4 is 29.3 Å². The summed E-state index contributed by atoms with van der Waals surface area (Å²) in [5.41, 5.74) is 1.67. The Morgan fingerprint density at radius 2 is 2.20 bits per heavy atom. The average Bonchev–Trinajstić information content (AvgIpc) is 2.40. The maximum absolute atomic E-state index is 11.9. The summed E-state index contributed by atoms with van der Waals surface area (Å²) in [5.74, 6) is -0.342. The highest BCUT2D eigenvalue weighted by Crippen LogP contribution is 2.17. The fourth-order valence-electron chi connectivity index (χ4n) is 1.68. The number of carboxylic acids is 1. The van der Waals surface area contributed by atoms with Crippen LogP contribution in [0.3, 0.4) is 0 Å². The van der Waals surface area contributed by atoms with E-state index in [2.05, 4.69) is 5.32 Å². The Balaban J connectivity index is 2.59. The van der Waals surface area contributed by atoms with Gasteiger partial charge in [-0.1, -0.05) is 19.1 Å². The highest BCUT2D eigenvalue weighted by Gasteiger charge is 2.15. The summed E-state index contributed by atoms with van der Waals surface area (Å²) in [5, 5.41) is 11.4. The quantitative estimate of drug-likeness (QED) is 0.770. The number of carbonyl (C=O) groups excluding carboxylic acids is 1. The standard InChI is InChI=1S/C14H19NO4S/c1-3-12(19-2)14(18)15-11-6-4-5-10(7-11)8-20-9-13(16)17/h4-7,12H,3,8-9H2,1-2H3,(H,15,18)(H,16,17). The lowest BCUT2D eigenvalue weighted by Gasteiger charge is -2.13. The molecular formula is C14H19NO4S. The van der Waals surface area contributed by atoms with Crippen molar-refractivity contribution in [2.24, 2.45) is 0 Å². The van der Waals surface area contributed by atoms with Crippen LogP contribution in [0.2, 0.25) is 0 Å². The van der Waals surface area contributed by atoms with Crippen LogP contribution in [0.4, 0.5) is 5.69 Å². The molecule has 0 fully saturated rings. The first-order chi connectivity index (χ1) is 9.56. The molecule has 1 rings (SSSR count). The lowest BCUT2D eigenvalue weighted by atomic mass is 10.2. The zero-order valence-corrected chi connectivity index (χ0v) is 12.4. The largest absolute Gasteiger partial charge is 0.481 e. The third-order valence-electron chi connectivity index (χ3n) is 2.64. The minimum Gasteiger partial charge on any atom is -0.481 e. The van der Waals surface area contributed by atoms with Crippen LogP contribution in [-0.2, 0) is 20.1 Å². The number of rotatable bonds is 8. The predicted molar refractivity (Wildman–Crippen MR) is 80.0 cm³/mol. The molecule has 0 saturated carbocycles. The molecule has 0 aromatic heterocycles. The van der Waals surface area contributed by atoms with Gasteiger partial charge >= 0.3 is 5.97 Å². The van der Waals surface area contributed by atoms with E-state index in [1.54, 1.807) is 6.07 Å². The monoisotopic (exact) mass is 297 g/mol. The van der Waals surface area contributed by atoms with Crippen LogP contribution >= 0.6 is 11.8 Å². The maximum atomic E-state index is 11.9. The summed E-state index contributed by atoms with van der Waals surface area (Å²) >= 11 is 1.32. The summed E-state index contributed by atoms with van der Waals surface area (Å²) in [6.07, 6.45) is 0.149. The predicted octanol–water partition coefficient (Wildman–Crippen LogP) is 2.37. The number of methoxy groups -OCH3 is 1. The molecule has 5 nitrogen and oxygen atoms in total. The molecule has 6 heteroatoms. The van der Waals surface area contributed by atoms with Gasteiger partial charge in [0.25, 0.3) is 5.91 Å². The molecule has 1 unspecified atom stereocenters. The first-order valence-corrected chi connectivity index (χ1v) is 7.44. The van der Waals surface area contributed by atoms with Gasteiger partial charge in [0.15, 0.2) is 0 Å². The van der Waals surface area contributed by atoms with Crippen molar-refractivity contribution in [3.05, 3.63) is 29.8 Å². The van der Waals surface area contributed by atoms with E-state index in [1.165, 1.54) is 18.9 Å². The van der Waals surface area contributed by atoms with Crippen LogP contribution in [-0.4, -0.2) is 35.9 Å². The lowest BCUT2D eigenvalue weighted by molar-refractivity contribution is -0.134. The third-order valence-corrected chi connectivity index (χ3v) is 3.63. The Morgan fingerprint density at radius 1 is 1.45 bits per heavy atom. The second-order valence-electron chi connectivity index (χ2n) is 4.21. The van der Waals surface area contributed by atoms with E-state index in [0.29, 0.717) is 17.9 Å². The Hall–Kier alpha value is -1.53. The SMILES string of the molecule is CCC(OC)C(=O)Nc1cccc(CSCC(=O)O)c1. The molecular weight excluding hydrogens is 278 g/mol. The molecule has 20 heavy (non-hydrogen) atoms. The van der Waals surface area contributed by atoms with Crippen LogP contribution < -0.4 is 5.32 Å². The zero-order valence-electron chi connectivity index (χ0n) is 11.6. The van der Waals surface area contributed by atoms with Crippen LogP contribution in [0.5, 0.6) is 0 Å². The molecule has 0 bridgehead atoms. The van der Waals surface area contributed by atoms with E-state index in [-0.39, 0.29) is 11.7 Å². The first kappa shape index (κ1) is 16.5. The van der Waals surface area contributed by atoms with E-state index < -0.39 is 12.1 Å². The van der Waals surface area contributed by atoms with Gasteiger partial charge in [-0.15, -0.1) is 11.8 Å². The van der Waals surface area contributed by atoms with Crippen LogP contribution in [0, 0.1) is 0 Å². The lowest BCUT2D eigenvalue weighted by Crippen LogP contribution is -2.28. The molecule has 0 saturated heterocycles. The van der Waals surface area contributed by atoms with Gasteiger partial charge in [0, 0.05) is 18.6 Å². The van der Waals surface area contributed by atoms with Crippen LogP contribution in [0.25, 0.3) is 0 Å². The molecule has 2 N–H and O–H groups in total. The van der Waals surface area contributed by atoms with Crippen molar-refractivity contribution in [3.63, 3.8) is 0 Å². The van der Waals surface area contributed by atoms with Gasteiger partial charge < -0.3 is 15.2 Å². The second kappa shape index (κ2) is 8.60.